The van der Waals surface area contributed by atoms with E-state index in [9.17, 15) is 4.79 Å². The highest BCUT2D eigenvalue weighted by Crippen LogP contribution is 1.96. The van der Waals surface area contributed by atoms with Gasteiger partial charge < -0.3 is 15.0 Å². The Labute approximate surface area is 89.1 Å². The summed E-state index contributed by atoms with van der Waals surface area (Å²) < 4.78 is 1.73. The molecule has 1 aromatic rings. The van der Waals surface area contributed by atoms with Crippen LogP contribution < -0.4 is 5.32 Å². The van der Waals surface area contributed by atoms with E-state index in [1.54, 1.807) is 24.0 Å². The van der Waals surface area contributed by atoms with Crippen LogP contribution in [0.4, 0.5) is 0 Å². The van der Waals surface area contributed by atoms with Crippen molar-refractivity contribution in [3.8, 4) is 0 Å². The Balaban J connectivity index is 2.25. The zero-order chi connectivity index (χ0) is 11.3. The van der Waals surface area contributed by atoms with Crippen LogP contribution in [-0.2, 0) is 7.05 Å². The number of aliphatic hydroxyl groups excluding tert-OH is 1. The third kappa shape index (κ3) is 4.12. The standard InChI is InChI=1S/C10H17N3O2/c1-8(14)4-3-5-11-10(15)9-6-13(2)7-12-9/h6-8,14H,3-5H2,1-2H3,(H,11,15). The van der Waals surface area contributed by atoms with Crippen molar-refractivity contribution in [2.24, 2.45) is 7.05 Å². The van der Waals surface area contributed by atoms with E-state index in [4.69, 9.17) is 5.11 Å². The zero-order valence-corrected chi connectivity index (χ0v) is 9.10. The molecule has 0 spiro atoms. The predicted molar refractivity (Wildman–Crippen MR) is 56.5 cm³/mol. The van der Waals surface area contributed by atoms with Gasteiger partial charge in [-0.1, -0.05) is 0 Å². The van der Waals surface area contributed by atoms with Crippen molar-refractivity contribution < 1.29 is 9.90 Å². The molecule has 1 atom stereocenters. The number of aryl methyl sites for hydroxylation is 1. The molecule has 1 amide bonds. The van der Waals surface area contributed by atoms with E-state index in [0.717, 1.165) is 6.42 Å². The first-order chi connectivity index (χ1) is 7.09. The van der Waals surface area contributed by atoms with Gasteiger partial charge in [-0.05, 0) is 19.8 Å². The second-order valence-electron chi connectivity index (χ2n) is 3.67. The monoisotopic (exact) mass is 211 g/mol. The van der Waals surface area contributed by atoms with E-state index in [0.29, 0.717) is 18.7 Å². The van der Waals surface area contributed by atoms with Crippen LogP contribution in [0.25, 0.3) is 0 Å². The molecule has 1 heterocycles. The number of nitrogens with one attached hydrogen (secondary N) is 1. The second kappa shape index (κ2) is 5.50. The highest BCUT2D eigenvalue weighted by atomic mass is 16.3. The lowest BCUT2D eigenvalue weighted by Gasteiger charge is -2.04. The maximum atomic E-state index is 11.5. The Morgan fingerprint density at radius 1 is 1.73 bits per heavy atom. The minimum Gasteiger partial charge on any atom is -0.393 e. The molecule has 5 heteroatoms. The van der Waals surface area contributed by atoms with E-state index >= 15 is 0 Å². The van der Waals surface area contributed by atoms with Gasteiger partial charge in [0.05, 0.1) is 12.4 Å². The number of aliphatic hydroxyl groups is 1. The maximum Gasteiger partial charge on any atom is 0.271 e. The van der Waals surface area contributed by atoms with E-state index < -0.39 is 0 Å². The Morgan fingerprint density at radius 2 is 2.47 bits per heavy atom. The summed E-state index contributed by atoms with van der Waals surface area (Å²) in [7, 11) is 1.82. The van der Waals surface area contributed by atoms with E-state index in [1.807, 2.05) is 7.05 Å². The molecule has 5 nitrogen and oxygen atoms in total. The van der Waals surface area contributed by atoms with Crippen molar-refractivity contribution >= 4 is 5.91 Å². The zero-order valence-electron chi connectivity index (χ0n) is 9.10. The van der Waals surface area contributed by atoms with E-state index in [1.165, 1.54) is 0 Å². The third-order valence-electron chi connectivity index (χ3n) is 2.02. The number of amides is 1. The van der Waals surface area contributed by atoms with Crippen molar-refractivity contribution in [3.05, 3.63) is 18.2 Å². The van der Waals surface area contributed by atoms with Crippen LogP contribution in [-0.4, -0.2) is 33.2 Å². The first kappa shape index (κ1) is 11.7. The maximum absolute atomic E-state index is 11.5. The average molecular weight is 211 g/mol. The van der Waals surface area contributed by atoms with Gasteiger partial charge in [-0.15, -0.1) is 0 Å². The third-order valence-corrected chi connectivity index (χ3v) is 2.02. The lowest BCUT2D eigenvalue weighted by Crippen LogP contribution is -2.25. The molecule has 1 aromatic heterocycles. The number of imidazole rings is 1. The van der Waals surface area contributed by atoms with E-state index in [2.05, 4.69) is 10.3 Å². The lowest BCUT2D eigenvalue weighted by molar-refractivity contribution is 0.0945. The fourth-order valence-corrected chi connectivity index (χ4v) is 1.22. The molecule has 2 N–H and O–H groups in total. The van der Waals surface area contributed by atoms with Crippen LogP contribution in [0.15, 0.2) is 12.5 Å². The van der Waals surface area contributed by atoms with Gasteiger partial charge in [0.15, 0.2) is 0 Å². The van der Waals surface area contributed by atoms with E-state index in [-0.39, 0.29) is 12.0 Å². The molecule has 0 aromatic carbocycles. The molecule has 15 heavy (non-hydrogen) atoms. The van der Waals surface area contributed by atoms with Gasteiger partial charge in [0.2, 0.25) is 0 Å². The first-order valence-electron chi connectivity index (χ1n) is 5.04. The summed E-state index contributed by atoms with van der Waals surface area (Å²) in [5.74, 6) is -0.166. The number of carbonyl (C=O) groups is 1. The topological polar surface area (TPSA) is 67.2 Å². The molecular weight excluding hydrogens is 194 g/mol. The molecule has 0 bridgehead atoms. The van der Waals surface area contributed by atoms with Crippen molar-refractivity contribution in [1.82, 2.24) is 14.9 Å². The summed E-state index contributed by atoms with van der Waals surface area (Å²) >= 11 is 0. The Bertz CT molecular complexity index is 320. The van der Waals surface area contributed by atoms with Crippen LogP contribution >= 0.6 is 0 Å². The lowest BCUT2D eigenvalue weighted by atomic mass is 10.2. The molecule has 84 valence electrons. The molecule has 0 saturated heterocycles. The van der Waals surface area contributed by atoms with Gasteiger partial charge in [-0.25, -0.2) is 4.98 Å². The van der Waals surface area contributed by atoms with Crippen LogP contribution in [0.1, 0.15) is 30.3 Å². The SMILES string of the molecule is CC(O)CCCNC(=O)c1cn(C)cn1. The summed E-state index contributed by atoms with van der Waals surface area (Å²) in [5.41, 5.74) is 0.426. The summed E-state index contributed by atoms with van der Waals surface area (Å²) in [6.07, 6.45) is 4.42. The molecule has 0 fully saturated rings. The number of carbonyl (C=O) groups excluding carboxylic acids is 1. The molecule has 1 unspecified atom stereocenters. The van der Waals surface area contributed by atoms with Crippen LogP contribution in [0.3, 0.4) is 0 Å². The highest BCUT2D eigenvalue weighted by molar-refractivity contribution is 5.91. The minimum absolute atomic E-state index is 0.166. The largest absolute Gasteiger partial charge is 0.393 e. The molecule has 1 rings (SSSR count). The molecule has 0 aliphatic heterocycles. The van der Waals surface area contributed by atoms with Crippen LogP contribution in [0.2, 0.25) is 0 Å². The number of hydrogen-bond donors (Lipinski definition) is 2. The van der Waals surface area contributed by atoms with Crippen LogP contribution in [0.5, 0.6) is 0 Å². The van der Waals surface area contributed by atoms with Gasteiger partial charge in [0.25, 0.3) is 5.91 Å². The Morgan fingerprint density at radius 3 is 3.00 bits per heavy atom. The molecule has 0 saturated carbocycles. The van der Waals surface area contributed by atoms with Crippen LogP contribution in [0, 0.1) is 0 Å². The fraction of sp³-hybridized carbons (Fsp3) is 0.600. The second-order valence-corrected chi connectivity index (χ2v) is 3.67. The molecule has 0 radical (unpaired) electrons. The van der Waals surface area contributed by atoms with Gasteiger partial charge in [-0.2, -0.15) is 0 Å². The van der Waals surface area contributed by atoms with Gasteiger partial charge in [-0.3, -0.25) is 4.79 Å². The Hall–Kier alpha value is -1.36. The summed E-state index contributed by atoms with van der Waals surface area (Å²) in [6, 6.07) is 0. The molecule has 0 aliphatic carbocycles. The minimum atomic E-state index is -0.309. The van der Waals surface area contributed by atoms with Crippen molar-refractivity contribution in [2.45, 2.75) is 25.9 Å². The number of aromatic nitrogens is 2. The first-order valence-corrected chi connectivity index (χ1v) is 5.04. The van der Waals surface area contributed by atoms with Crippen molar-refractivity contribution in [2.75, 3.05) is 6.54 Å². The molecular formula is C10H17N3O2. The number of hydrogen-bond acceptors (Lipinski definition) is 3. The van der Waals surface area contributed by atoms with Gasteiger partial charge >= 0.3 is 0 Å². The predicted octanol–water partition coefficient (Wildman–Crippen LogP) is 0.311. The summed E-state index contributed by atoms with van der Waals surface area (Å²) in [4.78, 5) is 15.4. The van der Waals surface area contributed by atoms with Gasteiger partial charge in [0.1, 0.15) is 5.69 Å². The smallest absolute Gasteiger partial charge is 0.271 e. The molecule has 0 aliphatic rings. The number of rotatable bonds is 5. The highest BCUT2D eigenvalue weighted by Gasteiger charge is 2.07. The quantitative estimate of drug-likeness (QED) is 0.689. The Kier molecular flexibility index (Phi) is 4.30. The fourth-order valence-electron chi connectivity index (χ4n) is 1.22. The van der Waals surface area contributed by atoms with Crippen molar-refractivity contribution in [1.29, 1.82) is 0 Å². The normalized spacial score (nSPS) is 12.5. The average Bonchev–Trinajstić information content (AvgIpc) is 2.59. The van der Waals surface area contributed by atoms with Crippen molar-refractivity contribution in [3.63, 3.8) is 0 Å². The summed E-state index contributed by atoms with van der Waals surface area (Å²) in [5, 5.41) is 11.8. The summed E-state index contributed by atoms with van der Waals surface area (Å²) in [6.45, 7) is 2.31. The number of nitrogens with zero attached hydrogens (tertiary/aromatic N) is 2. The van der Waals surface area contributed by atoms with Gasteiger partial charge in [0, 0.05) is 19.8 Å².